The lowest BCUT2D eigenvalue weighted by atomic mass is 10.0. The summed E-state index contributed by atoms with van der Waals surface area (Å²) in [6, 6.07) is 3.81. The average Bonchev–Trinajstić information content (AvgIpc) is 2.74. The van der Waals surface area contributed by atoms with Crippen LogP contribution >= 0.6 is 11.6 Å². The van der Waals surface area contributed by atoms with E-state index in [1.54, 1.807) is 14.0 Å². The molecule has 0 N–H and O–H groups in total. The third-order valence-corrected chi connectivity index (χ3v) is 3.32. The van der Waals surface area contributed by atoms with Crippen LogP contribution in [-0.2, 0) is 0 Å². The third-order valence-electron chi connectivity index (χ3n) is 3.13. The minimum absolute atomic E-state index is 0.281. The van der Waals surface area contributed by atoms with Gasteiger partial charge in [0, 0.05) is 5.56 Å². The number of ether oxygens (including phenoxy) is 1. The number of aryl methyl sites for hydroxylation is 3. The molecule has 19 heavy (non-hydrogen) atoms. The smallest absolute Gasteiger partial charge is 0.258 e. The van der Waals surface area contributed by atoms with E-state index >= 15 is 0 Å². The lowest BCUT2D eigenvalue weighted by Crippen LogP contribution is -1.97. The molecule has 0 fully saturated rings. The van der Waals surface area contributed by atoms with E-state index in [2.05, 4.69) is 5.16 Å². The highest BCUT2D eigenvalue weighted by atomic mass is 35.5. The maximum atomic E-state index is 11.5. The zero-order valence-electron chi connectivity index (χ0n) is 11.2. The first kappa shape index (κ1) is 13.6. The van der Waals surface area contributed by atoms with E-state index in [-0.39, 0.29) is 5.56 Å². The zero-order valence-corrected chi connectivity index (χ0v) is 12.0. The second-order valence-corrected chi connectivity index (χ2v) is 4.72. The standard InChI is InChI=1S/C14H14ClNO3/c1-7-5-10(11(18-4)6-8(7)2)13-12(14(15)17)9(3)19-16-13/h5-6H,1-4H3. The number of rotatable bonds is 3. The number of hydrogen-bond acceptors (Lipinski definition) is 4. The molecule has 0 aliphatic rings. The normalized spacial score (nSPS) is 10.6. The maximum absolute atomic E-state index is 11.5. The van der Waals surface area contributed by atoms with E-state index in [1.165, 1.54) is 0 Å². The number of benzene rings is 1. The van der Waals surface area contributed by atoms with Crippen molar-refractivity contribution in [1.29, 1.82) is 0 Å². The molecule has 5 heteroatoms. The van der Waals surface area contributed by atoms with Crippen molar-refractivity contribution in [3.8, 4) is 17.0 Å². The van der Waals surface area contributed by atoms with Gasteiger partial charge in [0.05, 0.1) is 7.11 Å². The van der Waals surface area contributed by atoms with Crippen LogP contribution in [0, 0.1) is 20.8 Å². The van der Waals surface area contributed by atoms with E-state index in [4.69, 9.17) is 20.9 Å². The van der Waals surface area contributed by atoms with Crippen LogP contribution in [0.1, 0.15) is 27.2 Å². The van der Waals surface area contributed by atoms with E-state index in [0.29, 0.717) is 22.8 Å². The van der Waals surface area contributed by atoms with Crippen molar-refractivity contribution in [2.45, 2.75) is 20.8 Å². The van der Waals surface area contributed by atoms with Gasteiger partial charge < -0.3 is 9.26 Å². The molecule has 0 unspecified atom stereocenters. The predicted molar refractivity (Wildman–Crippen MR) is 72.9 cm³/mol. The SMILES string of the molecule is COc1cc(C)c(C)cc1-c1noc(C)c1C(=O)Cl. The van der Waals surface area contributed by atoms with Gasteiger partial charge in [-0.2, -0.15) is 0 Å². The molecule has 1 aromatic heterocycles. The zero-order chi connectivity index (χ0) is 14.2. The molecule has 0 spiro atoms. The number of carbonyl (C=O) groups excluding carboxylic acids is 1. The molecule has 0 atom stereocenters. The number of hydrogen-bond donors (Lipinski definition) is 0. The Morgan fingerprint density at radius 1 is 1.26 bits per heavy atom. The molecule has 4 nitrogen and oxygen atoms in total. The van der Waals surface area contributed by atoms with Gasteiger partial charge in [0.25, 0.3) is 5.24 Å². The summed E-state index contributed by atoms with van der Waals surface area (Å²) < 4.78 is 10.4. The Kier molecular flexibility index (Phi) is 3.62. The van der Waals surface area contributed by atoms with Crippen molar-refractivity contribution in [3.63, 3.8) is 0 Å². The van der Waals surface area contributed by atoms with Crippen LogP contribution in [-0.4, -0.2) is 17.5 Å². The van der Waals surface area contributed by atoms with Crippen molar-refractivity contribution in [2.24, 2.45) is 0 Å². The molecule has 2 aromatic rings. The summed E-state index contributed by atoms with van der Waals surface area (Å²) in [6.07, 6.45) is 0. The first-order valence-corrected chi connectivity index (χ1v) is 6.15. The van der Waals surface area contributed by atoms with Crippen molar-refractivity contribution >= 4 is 16.8 Å². The van der Waals surface area contributed by atoms with Gasteiger partial charge in [-0.1, -0.05) is 5.16 Å². The number of carbonyl (C=O) groups is 1. The Labute approximate surface area is 116 Å². The van der Waals surface area contributed by atoms with Gasteiger partial charge in [-0.15, -0.1) is 0 Å². The van der Waals surface area contributed by atoms with Crippen molar-refractivity contribution in [2.75, 3.05) is 7.11 Å². The average molecular weight is 280 g/mol. The molecule has 0 saturated heterocycles. The summed E-state index contributed by atoms with van der Waals surface area (Å²) >= 11 is 5.59. The molecular weight excluding hydrogens is 266 g/mol. The van der Waals surface area contributed by atoms with Gasteiger partial charge in [-0.05, 0) is 55.6 Å². The van der Waals surface area contributed by atoms with Gasteiger partial charge in [0.1, 0.15) is 22.8 Å². The monoisotopic (exact) mass is 279 g/mol. The fraction of sp³-hybridized carbons (Fsp3) is 0.286. The van der Waals surface area contributed by atoms with Crippen molar-refractivity contribution in [3.05, 3.63) is 34.6 Å². The quantitative estimate of drug-likeness (QED) is 0.805. The topological polar surface area (TPSA) is 52.3 Å². The van der Waals surface area contributed by atoms with Crippen molar-refractivity contribution in [1.82, 2.24) is 5.16 Å². The molecule has 0 saturated carbocycles. The lowest BCUT2D eigenvalue weighted by molar-refractivity contribution is 0.108. The molecule has 1 aromatic carbocycles. The Balaban J connectivity index is 2.72. The van der Waals surface area contributed by atoms with E-state index in [0.717, 1.165) is 11.1 Å². The molecule has 2 rings (SSSR count). The number of aromatic nitrogens is 1. The van der Waals surface area contributed by atoms with E-state index < -0.39 is 5.24 Å². The van der Waals surface area contributed by atoms with Crippen LogP contribution in [0.25, 0.3) is 11.3 Å². The second kappa shape index (κ2) is 5.05. The highest BCUT2D eigenvalue weighted by Gasteiger charge is 2.22. The Morgan fingerprint density at radius 2 is 1.89 bits per heavy atom. The molecule has 100 valence electrons. The minimum atomic E-state index is -0.589. The van der Waals surface area contributed by atoms with Crippen LogP contribution in [0.15, 0.2) is 16.7 Å². The highest BCUT2D eigenvalue weighted by molar-refractivity contribution is 6.68. The predicted octanol–water partition coefficient (Wildman–Crippen LogP) is 3.65. The summed E-state index contributed by atoms with van der Waals surface area (Å²) in [5, 5.41) is 3.34. The summed E-state index contributed by atoms with van der Waals surface area (Å²) in [7, 11) is 1.57. The Morgan fingerprint density at radius 3 is 2.47 bits per heavy atom. The maximum Gasteiger partial charge on any atom is 0.258 e. The van der Waals surface area contributed by atoms with Crippen LogP contribution in [0.3, 0.4) is 0 Å². The summed E-state index contributed by atoms with van der Waals surface area (Å²) in [5.41, 5.74) is 3.57. The molecule has 0 bridgehead atoms. The summed E-state index contributed by atoms with van der Waals surface area (Å²) in [4.78, 5) is 11.5. The largest absolute Gasteiger partial charge is 0.496 e. The van der Waals surface area contributed by atoms with Gasteiger partial charge in [-0.25, -0.2) is 0 Å². The second-order valence-electron chi connectivity index (χ2n) is 4.37. The lowest BCUT2D eigenvalue weighted by Gasteiger charge is -2.10. The van der Waals surface area contributed by atoms with Crippen LogP contribution in [0.5, 0.6) is 5.75 Å². The van der Waals surface area contributed by atoms with Crippen LogP contribution < -0.4 is 4.74 Å². The number of nitrogens with zero attached hydrogens (tertiary/aromatic N) is 1. The van der Waals surface area contributed by atoms with Crippen LogP contribution in [0.4, 0.5) is 0 Å². The summed E-state index contributed by atoms with van der Waals surface area (Å²) in [6.45, 7) is 5.62. The van der Waals surface area contributed by atoms with E-state index in [9.17, 15) is 4.79 Å². The fourth-order valence-electron chi connectivity index (χ4n) is 1.93. The Bertz CT molecular complexity index is 646. The molecule has 0 aliphatic carbocycles. The minimum Gasteiger partial charge on any atom is -0.496 e. The molecule has 0 amide bonds. The van der Waals surface area contributed by atoms with Gasteiger partial charge >= 0.3 is 0 Å². The van der Waals surface area contributed by atoms with Gasteiger partial charge in [0.15, 0.2) is 0 Å². The molecule has 0 aliphatic heterocycles. The summed E-state index contributed by atoms with van der Waals surface area (Å²) in [5.74, 6) is 1.03. The number of methoxy groups -OCH3 is 1. The van der Waals surface area contributed by atoms with Crippen LogP contribution in [0.2, 0.25) is 0 Å². The molecule has 0 radical (unpaired) electrons. The highest BCUT2D eigenvalue weighted by Crippen LogP contribution is 2.35. The Hall–Kier alpha value is -1.81. The van der Waals surface area contributed by atoms with Gasteiger partial charge in [-0.3, -0.25) is 4.79 Å². The van der Waals surface area contributed by atoms with Gasteiger partial charge in [0.2, 0.25) is 0 Å². The molecule has 1 heterocycles. The first-order valence-electron chi connectivity index (χ1n) is 5.77. The fourth-order valence-corrected chi connectivity index (χ4v) is 2.15. The van der Waals surface area contributed by atoms with E-state index in [1.807, 2.05) is 26.0 Å². The molecular formula is C14H14ClNO3. The number of halogens is 1. The third kappa shape index (κ3) is 2.36. The first-order chi connectivity index (χ1) is 8.95. The van der Waals surface area contributed by atoms with Crippen molar-refractivity contribution < 1.29 is 14.1 Å².